The number of aromatic hydroxyl groups is 1. The third kappa shape index (κ3) is 2.70. The number of benzene rings is 2. The number of H-pyrrole nitrogens is 1. The molecule has 1 aliphatic heterocycles. The van der Waals surface area contributed by atoms with Crippen LogP contribution < -0.4 is 16.3 Å². The SMILES string of the molecule is O=c1[nH]c(=S)n(-c2ccccc2)c(O)c1C=C1N=c2ccccc2=N1. The van der Waals surface area contributed by atoms with Gasteiger partial charge in [0.15, 0.2) is 10.6 Å². The second-order valence-corrected chi connectivity index (χ2v) is 5.77. The van der Waals surface area contributed by atoms with Gasteiger partial charge in [-0.2, -0.15) is 0 Å². The summed E-state index contributed by atoms with van der Waals surface area (Å²) in [5, 5.41) is 12.1. The van der Waals surface area contributed by atoms with E-state index in [4.69, 9.17) is 12.2 Å². The van der Waals surface area contributed by atoms with Crippen molar-refractivity contribution in [2.45, 2.75) is 0 Å². The molecule has 122 valence electrons. The van der Waals surface area contributed by atoms with Crippen LogP contribution in [0.1, 0.15) is 5.56 Å². The standard InChI is InChI=1S/C18H12N4O2S/c23-16-12(10-15-19-13-8-4-5-9-14(13)20-15)17(24)22(18(25)21-16)11-6-2-1-3-7-11/h1-10,24H,(H,21,23,25). The van der Waals surface area contributed by atoms with Gasteiger partial charge in [0.05, 0.1) is 16.4 Å². The van der Waals surface area contributed by atoms with Gasteiger partial charge in [0.2, 0.25) is 5.88 Å². The Kier molecular flexibility index (Phi) is 3.62. The highest BCUT2D eigenvalue weighted by atomic mass is 32.1. The molecule has 0 unspecified atom stereocenters. The molecule has 0 amide bonds. The van der Waals surface area contributed by atoms with Gasteiger partial charge >= 0.3 is 0 Å². The van der Waals surface area contributed by atoms with Crippen molar-refractivity contribution >= 4 is 18.3 Å². The Balaban J connectivity index is 1.93. The van der Waals surface area contributed by atoms with E-state index in [1.165, 1.54) is 10.6 Å². The van der Waals surface area contributed by atoms with Crippen LogP contribution in [0.2, 0.25) is 0 Å². The van der Waals surface area contributed by atoms with Gasteiger partial charge in [-0.1, -0.05) is 30.3 Å². The molecule has 6 nitrogen and oxygen atoms in total. The molecule has 2 N–H and O–H groups in total. The number of aromatic nitrogens is 2. The van der Waals surface area contributed by atoms with Crippen molar-refractivity contribution in [1.82, 2.24) is 9.55 Å². The predicted molar refractivity (Wildman–Crippen MR) is 95.6 cm³/mol. The summed E-state index contributed by atoms with van der Waals surface area (Å²) in [6.07, 6.45) is 1.45. The van der Waals surface area contributed by atoms with Crippen molar-refractivity contribution in [1.29, 1.82) is 0 Å². The monoisotopic (exact) mass is 348 g/mol. The highest BCUT2D eigenvalue weighted by molar-refractivity contribution is 7.71. The van der Waals surface area contributed by atoms with E-state index >= 15 is 0 Å². The molecule has 0 fully saturated rings. The number of fused-ring (bicyclic) bond motifs is 1. The van der Waals surface area contributed by atoms with Crippen LogP contribution in [0.3, 0.4) is 0 Å². The maximum atomic E-state index is 12.3. The lowest BCUT2D eigenvalue weighted by molar-refractivity contribution is 0.432. The van der Waals surface area contributed by atoms with Gasteiger partial charge in [0.25, 0.3) is 5.56 Å². The van der Waals surface area contributed by atoms with E-state index < -0.39 is 5.56 Å². The van der Waals surface area contributed by atoms with Crippen molar-refractivity contribution in [2.24, 2.45) is 9.98 Å². The first-order chi connectivity index (χ1) is 12.1. The molecule has 2 aromatic carbocycles. The third-order valence-corrected chi connectivity index (χ3v) is 4.05. The molecule has 1 aromatic heterocycles. The van der Waals surface area contributed by atoms with Crippen LogP contribution in [0, 0.1) is 4.77 Å². The first-order valence-electron chi connectivity index (χ1n) is 7.51. The van der Waals surface area contributed by atoms with Gasteiger partial charge in [-0.15, -0.1) is 0 Å². The lowest BCUT2D eigenvalue weighted by Gasteiger charge is -2.11. The van der Waals surface area contributed by atoms with Crippen LogP contribution in [0.5, 0.6) is 5.88 Å². The van der Waals surface area contributed by atoms with Crippen molar-refractivity contribution in [3.05, 3.63) is 91.8 Å². The molecular formula is C18H12N4O2S. The summed E-state index contributed by atoms with van der Waals surface area (Å²) >= 11 is 5.19. The number of aromatic amines is 1. The maximum absolute atomic E-state index is 12.3. The molecule has 0 aliphatic carbocycles. The topological polar surface area (TPSA) is 82.7 Å². The van der Waals surface area contributed by atoms with Crippen molar-refractivity contribution < 1.29 is 5.11 Å². The zero-order valence-electron chi connectivity index (χ0n) is 12.9. The highest BCUT2D eigenvalue weighted by Crippen LogP contribution is 2.21. The molecule has 2 heterocycles. The third-order valence-electron chi connectivity index (χ3n) is 3.76. The summed E-state index contributed by atoms with van der Waals surface area (Å²) in [4.78, 5) is 23.6. The molecule has 0 saturated carbocycles. The van der Waals surface area contributed by atoms with Gasteiger partial charge in [-0.05, 0) is 36.5 Å². The number of nitrogens with zero attached hydrogens (tertiary/aromatic N) is 3. The first kappa shape index (κ1) is 15.2. The molecule has 0 saturated heterocycles. The molecule has 25 heavy (non-hydrogen) atoms. The second-order valence-electron chi connectivity index (χ2n) is 5.38. The summed E-state index contributed by atoms with van der Waals surface area (Å²) in [5.41, 5.74) is 0.195. The minimum Gasteiger partial charge on any atom is -0.494 e. The van der Waals surface area contributed by atoms with Crippen molar-refractivity contribution in [2.75, 3.05) is 0 Å². The van der Waals surface area contributed by atoms with E-state index in [9.17, 15) is 9.90 Å². The van der Waals surface area contributed by atoms with Crippen LogP contribution in [0.25, 0.3) is 11.8 Å². The fraction of sp³-hybridized carbons (Fsp3) is 0. The first-order valence-corrected chi connectivity index (χ1v) is 7.92. The Hall–Kier alpha value is -3.32. The fourth-order valence-corrected chi connectivity index (χ4v) is 2.89. The van der Waals surface area contributed by atoms with E-state index in [2.05, 4.69) is 15.0 Å². The van der Waals surface area contributed by atoms with E-state index in [-0.39, 0.29) is 16.2 Å². The summed E-state index contributed by atoms with van der Waals surface area (Å²) in [6.45, 7) is 0. The molecule has 0 atom stereocenters. The minimum atomic E-state index is -0.497. The Morgan fingerprint density at radius 3 is 2.24 bits per heavy atom. The quantitative estimate of drug-likeness (QED) is 0.694. The van der Waals surface area contributed by atoms with Gasteiger partial charge in [0.1, 0.15) is 5.56 Å². The Bertz CT molecular complexity index is 1200. The van der Waals surface area contributed by atoms with Gasteiger partial charge in [-0.25, -0.2) is 9.98 Å². The van der Waals surface area contributed by atoms with E-state index in [1.807, 2.05) is 42.5 Å². The number of rotatable bonds is 2. The van der Waals surface area contributed by atoms with Crippen LogP contribution in [0.4, 0.5) is 0 Å². The van der Waals surface area contributed by atoms with Crippen LogP contribution in [-0.4, -0.2) is 14.7 Å². The lowest BCUT2D eigenvalue weighted by atomic mass is 10.2. The zero-order chi connectivity index (χ0) is 17.4. The normalized spacial score (nSPS) is 12.2. The van der Waals surface area contributed by atoms with Crippen LogP contribution in [-0.2, 0) is 0 Å². The van der Waals surface area contributed by atoms with E-state index in [0.29, 0.717) is 11.5 Å². The van der Waals surface area contributed by atoms with Gasteiger partial charge in [-0.3, -0.25) is 14.3 Å². The maximum Gasteiger partial charge on any atom is 0.262 e. The summed E-state index contributed by atoms with van der Waals surface area (Å²) in [7, 11) is 0. The molecule has 0 bridgehead atoms. The summed E-state index contributed by atoms with van der Waals surface area (Å²) in [6, 6.07) is 16.4. The predicted octanol–water partition coefficient (Wildman–Crippen LogP) is 1.85. The van der Waals surface area contributed by atoms with E-state index in [0.717, 1.165) is 10.7 Å². The van der Waals surface area contributed by atoms with E-state index in [1.54, 1.807) is 12.1 Å². The van der Waals surface area contributed by atoms with Crippen LogP contribution >= 0.6 is 12.2 Å². The summed E-state index contributed by atoms with van der Waals surface area (Å²) < 4.78 is 1.50. The van der Waals surface area contributed by atoms with Gasteiger partial charge < -0.3 is 5.11 Å². The Morgan fingerprint density at radius 1 is 1.00 bits per heavy atom. The molecule has 0 spiro atoms. The number of hydrogen-bond acceptors (Lipinski definition) is 5. The van der Waals surface area contributed by atoms with Crippen molar-refractivity contribution in [3.8, 4) is 11.6 Å². The lowest BCUT2D eigenvalue weighted by Crippen LogP contribution is -2.19. The number of nitrogens with one attached hydrogen (secondary N) is 1. The molecular weight excluding hydrogens is 336 g/mol. The molecule has 0 radical (unpaired) electrons. The number of para-hydroxylation sites is 3. The molecule has 1 aliphatic rings. The minimum absolute atomic E-state index is 0.0489. The average Bonchev–Trinajstić information content (AvgIpc) is 3.02. The van der Waals surface area contributed by atoms with Crippen LogP contribution in [0.15, 0.2) is 75.2 Å². The Morgan fingerprint density at radius 2 is 1.60 bits per heavy atom. The molecule has 4 rings (SSSR count). The smallest absolute Gasteiger partial charge is 0.262 e. The zero-order valence-corrected chi connectivity index (χ0v) is 13.7. The molecule has 3 aromatic rings. The molecule has 7 heteroatoms. The van der Waals surface area contributed by atoms with Crippen molar-refractivity contribution in [3.63, 3.8) is 0 Å². The summed E-state index contributed by atoms with van der Waals surface area (Å²) in [5.74, 6) is 0.0903. The fourth-order valence-electron chi connectivity index (χ4n) is 2.60. The van der Waals surface area contributed by atoms with Gasteiger partial charge in [0, 0.05) is 6.08 Å². The largest absolute Gasteiger partial charge is 0.494 e. The number of hydrogen-bond donors (Lipinski definition) is 2. The Labute approximate surface area is 146 Å². The second kappa shape index (κ2) is 5.95. The average molecular weight is 348 g/mol. The highest BCUT2D eigenvalue weighted by Gasteiger charge is 2.14.